The van der Waals surface area contributed by atoms with E-state index in [0.29, 0.717) is 12.8 Å². The minimum Gasteiger partial charge on any atom is -0.462 e. The molecule has 1 heterocycles. The first-order chi connectivity index (χ1) is 23.1. The number of hydrogen-bond donors (Lipinski definition) is 1. The fourth-order valence-electron chi connectivity index (χ4n) is 6.61. The summed E-state index contributed by atoms with van der Waals surface area (Å²) in [5.74, 6) is -0.0362. The molecule has 0 aromatic carbocycles. The van der Waals surface area contributed by atoms with E-state index in [9.17, 15) is 14.7 Å². The number of carbonyl (C=O) groups excluding carboxylic acids is 2. The van der Waals surface area contributed by atoms with Crippen LogP contribution in [-0.4, -0.2) is 73.6 Å². The molecule has 1 saturated heterocycles. The number of ether oxygens (including phenoxy) is 3. The third-order valence-corrected chi connectivity index (χ3v) is 9.61. The van der Waals surface area contributed by atoms with Crippen molar-refractivity contribution in [3.05, 3.63) is 0 Å². The lowest BCUT2D eigenvalue weighted by Crippen LogP contribution is -2.29. The summed E-state index contributed by atoms with van der Waals surface area (Å²) in [4.78, 5) is 27.7. The van der Waals surface area contributed by atoms with Crippen LogP contribution in [0.3, 0.4) is 0 Å². The molecule has 1 fully saturated rings. The topological polar surface area (TPSA) is 85.3 Å². The minimum absolute atomic E-state index is 0.0164. The molecule has 0 aliphatic carbocycles. The van der Waals surface area contributed by atoms with Crippen LogP contribution in [0, 0.1) is 0 Å². The van der Waals surface area contributed by atoms with Crippen molar-refractivity contribution in [2.45, 2.75) is 206 Å². The van der Waals surface area contributed by atoms with Gasteiger partial charge in [0.25, 0.3) is 0 Å². The standard InChI is InChI=1S/C40H77NO6/c1-3-5-7-16-26-38-28-20-24-36-45-35-23-14-17-27-37(25-15-6-4-2)46-39(43)29-18-10-8-12-21-31-41(33-34-42)32-22-13-9-11-19-30-40(44)47-38/h37-38,42H,3-36H2,1-2H3. The van der Waals surface area contributed by atoms with E-state index in [1.165, 1.54) is 32.1 Å². The van der Waals surface area contributed by atoms with Gasteiger partial charge in [-0.3, -0.25) is 9.59 Å². The first-order valence-corrected chi connectivity index (χ1v) is 20.4. The highest BCUT2D eigenvalue weighted by molar-refractivity contribution is 5.69. The van der Waals surface area contributed by atoms with Crippen LogP contribution in [0.15, 0.2) is 0 Å². The van der Waals surface area contributed by atoms with Crippen molar-refractivity contribution in [3.8, 4) is 0 Å². The second kappa shape index (κ2) is 33.3. The number of rotatable bonds is 11. The Balaban J connectivity index is 2.59. The van der Waals surface area contributed by atoms with Crippen molar-refractivity contribution in [2.24, 2.45) is 0 Å². The number of hydrogen-bond acceptors (Lipinski definition) is 7. The van der Waals surface area contributed by atoms with E-state index in [4.69, 9.17) is 14.2 Å². The maximum atomic E-state index is 12.7. The third kappa shape index (κ3) is 28.4. The van der Waals surface area contributed by atoms with Crippen LogP contribution < -0.4 is 0 Å². The third-order valence-electron chi connectivity index (χ3n) is 9.61. The maximum Gasteiger partial charge on any atom is 0.306 e. The van der Waals surface area contributed by atoms with Crippen LogP contribution >= 0.6 is 0 Å². The van der Waals surface area contributed by atoms with Crippen molar-refractivity contribution >= 4 is 11.9 Å². The molecule has 47 heavy (non-hydrogen) atoms. The maximum absolute atomic E-state index is 12.7. The molecule has 7 heteroatoms. The SMILES string of the molecule is CCCCCCC1CCCCOCCCCCC(CCCCC)OC(=O)CCCCCCCN(CCO)CCCCCCCC(=O)O1. The lowest BCUT2D eigenvalue weighted by Gasteiger charge is -2.21. The second-order valence-electron chi connectivity index (χ2n) is 14.1. The number of β-amino-alcohol motifs (C(OH)–C–C–N with tert-alkyl or cyclic N) is 1. The fourth-order valence-corrected chi connectivity index (χ4v) is 6.61. The Morgan fingerprint density at radius 1 is 0.574 bits per heavy atom. The van der Waals surface area contributed by atoms with Crippen LogP contribution in [0.4, 0.5) is 0 Å². The average Bonchev–Trinajstić information content (AvgIpc) is 3.05. The van der Waals surface area contributed by atoms with Crippen molar-refractivity contribution in [1.82, 2.24) is 4.90 Å². The van der Waals surface area contributed by atoms with Gasteiger partial charge in [0, 0.05) is 32.6 Å². The van der Waals surface area contributed by atoms with Gasteiger partial charge in [-0.15, -0.1) is 0 Å². The lowest BCUT2D eigenvalue weighted by atomic mass is 10.0. The highest BCUT2D eigenvalue weighted by atomic mass is 16.5. The minimum atomic E-state index is -0.0198. The normalized spacial score (nSPS) is 23.3. The van der Waals surface area contributed by atoms with E-state index in [1.54, 1.807) is 0 Å². The van der Waals surface area contributed by atoms with E-state index in [0.717, 1.165) is 168 Å². The Labute approximate surface area is 290 Å². The molecule has 0 aromatic heterocycles. The van der Waals surface area contributed by atoms with E-state index in [2.05, 4.69) is 18.7 Å². The Bertz CT molecular complexity index is 704. The van der Waals surface area contributed by atoms with E-state index in [1.807, 2.05) is 0 Å². The van der Waals surface area contributed by atoms with Crippen LogP contribution in [0.1, 0.15) is 194 Å². The van der Waals surface area contributed by atoms with Gasteiger partial charge < -0.3 is 24.2 Å². The Kier molecular flexibility index (Phi) is 31.1. The van der Waals surface area contributed by atoms with E-state index >= 15 is 0 Å². The van der Waals surface area contributed by atoms with Crippen molar-refractivity contribution < 1.29 is 28.9 Å². The first-order valence-electron chi connectivity index (χ1n) is 20.4. The van der Waals surface area contributed by atoms with Gasteiger partial charge in [0.2, 0.25) is 0 Å². The van der Waals surface area contributed by atoms with Gasteiger partial charge in [-0.25, -0.2) is 0 Å². The summed E-state index contributed by atoms with van der Waals surface area (Å²) in [6, 6.07) is 0. The molecule has 0 saturated carbocycles. The molecule has 1 rings (SSSR count). The molecular formula is C40H77NO6. The smallest absolute Gasteiger partial charge is 0.306 e. The van der Waals surface area contributed by atoms with Crippen LogP contribution in [0.2, 0.25) is 0 Å². The van der Waals surface area contributed by atoms with E-state index in [-0.39, 0.29) is 30.8 Å². The molecular weight excluding hydrogens is 590 g/mol. The Morgan fingerprint density at radius 3 is 1.57 bits per heavy atom. The van der Waals surface area contributed by atoms with Gasteiger partial charge in [0.1, 0.15) is 12.2 Å². The average molecular weight is 668 g/mol. The van der Waals surface area contributed by atoms with Crippen molar-refractivity contribution in [3.63, 3.8) is 0 Å². The molecule has 278 valence electrons. The molecule has 7 nitrogen and oxygen atoms in total. The Hall–Kier alpha value is -1.18. The molecule has 2 atom stereocenters. The summed E-state index contributed by atoms with van der Waals surface area (Å²) in [6.07, 6.45) is 29.4. The number of carbonyl (C=O) groups is 2. The first kappa shape index (κ1) is 43.8. The zero-order valence-electron chi connectivity index (χ0n) is 31.1. The van der Waals surface area contributed by atoms with Gasteiger partial charge >= 0.3 is 11.9 Å². The molecule has 0 spiro atoms. The molecule has 0 radical (unpaired) electrons. The predicted molar refractivity (Wildman–Crippen MR) is 195 cm³/mol. The van der Waals surface area contributed by atoms with Crippen LogP contribution in [0.5, 0.6) is 0 Å². The van der Waals surface area contributed by atoms with Crippen LogP contribution in [-0.2, 0) is 23.8 Å². The Morgan fingerprint density at radius 2 is 1.02 bits per heavy atom. The highest BCUT2D eigenvalue weighted by Gasteiger charge is 2.16. The molecule has 1 aliphatic heterocycles. The van der Waals surface area contributed by atoms with Gasteiger partial charge in [0.05, 0.1) is 6.61 Å². The molecule has 0 bridgehead atoms. The number of nitrogens with zero attached hydrogens (tertiary/aromatic N) is 1. The number of aliphatic hydroxyl groups excluding tert-OH is 1. The van der Waals surface area contributed by atoms with Gasteiger partial charge in [-0.2, -0.15) is 0 Å². The monoisotopic (exact) mass is 668 g/mol. The van der Waals surface area contributed by atoms with Gasteiger partial charge in [0.15, 0.2) is 0 Å². The number of esters is 2. The zero-order chi connectivity index (χ0) is 34.0. The predicted octanol–water partition coefficient (Wildman–Crippen LogP) is 10.1. The van der Waals surface area contributed by atoms with Gasteiger partial charge in [-0.05, 0) is 103 Å². The summed E-state index contributed by atoms with van der Waals surface area (Å²) in [7, 11) is 0. The molecule has 2 unspecified atom stereocenters. The molecule has 1 aliphatic rings. The highest BCUT2D eigenvalue weighted by Crippen LogP contribution is 2.18. The number of aliphatic hydroxyl groups is 1. The number of unbranched alkanes of at least 4 members (excludes halogenated alkanes) is 5. The lowest BCUT2D eigenvalue weighted by molar-refractivity contribution is -0.151. The summed E-state index contributed by atoms with van der Waals surface area (Å²) in [5.41, 5.74) is 0. The molecule has 0 aromatic rings. The quantitative estimate of drug-likeness (QED) is 0.173. The van der Waals surface area contributed by atoms with Crippen molar-refractivity contribution in [2.75, 3.05) is 39.5 Å². The summed E-state index contributed by atoms with van der Waals surface area (Å²) < 4.78 is 17.9. The summed E-state index contributed by atoms with van der Waals surface area (Å²) in [5, 5.41) is 9.53. The zero-order valence-corrected chi connectivity index (χ0v) is 31.1. The fraction of sp³-hybridized carbons (Fsp3) is 0.950. The second-order valence-corrected chi connectivity index (χ2v) is 14.1. The molecule has 1 N–H and O–H groups in total. The summed E-state index contributed by atoms with van der Waals surface area (Å²) >= 11 is 0. The van der Waals surface area contributed by atoms with Crippen LogP contribution in [0.25, 0.3) is 0 Å². The number of cyclic esters (lactones) is 2. The van der Waals surface area contributed by atoms with Gasteiger partial charge in [-0.1, -0.05) is 90.9 Å². The largest absolute Gasteiger partial charge is 0.462 e. The van der Waals surface area contributed by atoms with E-state index < -0.39 is 0 Å². The van der Waals surface area contributed by atoms with Crippen molar-refractivity contribution in [1.29, 1.82) is 0 Å². The summed E-state index contributed by atoms with van der Waals surface area (Å²) in [6.45, 7) is 9.00. The molecule has 0 amide bonds.